The molecule has 0 aliphatic carbocycles. The number of hydrogen-bond donors (Lipinski definition) is 1. The minimum atomic E-state index is -0.780. The number of furan rings is 1. The van der Waals surface area contributed by atoms with Gasteiger partial charge in [-0.05, 0) is 38.1 Å². The van der Waals surface area contributed by atoms with Crippen LogP contribution in [0.4, 0.5) is 5.69 Å². The van der Waals surface area contributed by atoms with Crippen molar-refractivity contribution in [3.8, 4) is 0 Å². The van der Waals surface area contributed by atoms with Crippen molar-refractivity contribution in [3.05, 3.63) is 54.0 Å². The molecule has 1 heterocycles. The van der Waals surface area contributed by atoms with Gasteiger partial charge in [-0.25, -0.2) is 0 Å². The van der Waals surface area contributed by atoms with Crippen molar-refractivity contribution in [2.24, 2.45) is 0 Å². The van der Waals surface area contributed by atoms with E-state index in [4.69, 9.17) is 9.52 Å². The van der Waals surface area contributed by atoms with Crippen molar-refractivity contribution in [2.45, 2.75) is 32.7 Å². The zero-order chi connectivity index (χ0) is 15.2. The lowest BCUT2D eigenvalue weighted by Gasteiger charge is -2.30. The Kier molecular flexibility index (Phi) is 5.04. The quantitative estimate of drug-likeness (QED) is 0.846. The van der Waals surface area contributed by atoms with Gasteiger partial charge in [-0.1, -0.05) is 17.7 Å². The van der Waals surface area contributed by atoms with Gasteiger partial charge >= 0.3 is 5.97 Å². The molecule has 0 aliphatic rings. The van der Waals surface area contributed by atoms with E-state index in [2.05, 4.69) is 11.8 Å². The van der Waals surface area contributed by atoms with E-state index in [1.807, 2.05) is 43.3 Å². The second kappa shape index (κ2) is 6.97. The van der Waals surface area contributed by atoms with E-state index < -0.39 is 5.97 Å². The van der Waals surface area contributed by atoms with Crippen LogP contribution in [-0.2, 0) is 11.2 Å². The summed E-state index contributed by atoms with van der Waals surface area (Å²) in [5.74, 6) is 0.132. The molecule has 1 N–H and O–H groups in total. The molecular formula is C17H21NO3. The Morgan fingerprint density at radius 3 is 2.57 bits per heavy atom. The maximum atomic E-state index is 10.9. The van der Waals surface area contributed by atoms with Crippen LogP contribution in [0.25, 0.3) is 0 Å². The molecule has 0 radical (unpaired) electrons. The van der Waals surface area contributed by atoms with Gasteiger partial charge in [-0.3, -0.25) is 4.79 Å². The first-order valence-electron chi connectivity index (χ1n) is 7.14. The molecule has 4 nitrogen and oxygen atoms in total. The summed E-state index contributed by atoms with van der Waals surface area (Å²) in [6, 6.07) is 12.1. The second-order valence-corrected chi connectivity index (χ2v) is 5.31. The highest BCUT2D eigenvalue weighted by atomic mass is 16.4. The smallest absolute Gasteiger partial charge is 0.305 e. The molecule has 0 spiro atoms. The minimum absolute atomic E-state index is 0.121. The topological polar surface area (TPSA) is 53.7 Å². The Morgan fingerprint density at radius 2 is 2.00 bits per heavy atom. The molecule has 2 aromatic rings. The number of carboxylic acid groups (broad SMARTS) is 1. The highest BCUT2D eigenvalue weighted by molar-refractivity contribution is 5.67. The molecule has 1 atom stereocenters. The van der Waals surface area contributed by atoms with Crippen molar-refractivity contribution < 1.29 is 14.3 Å². The van der Waals surface area contributed by atoms with Crippen LogP contribution in [0.15, 0.2) is 47.1 Å². The van der Waals surface area contributed by atoms with Crippen LogP contribution in [0.3, 0.4) is 0 Å². The van der Waals surface area contributed by atoms with Crippen LogP contribution in [-0.4, -0.2) is 23.7 Å². The minimum Gasteiger partial charge on any atom is -0.481 e. The summed E-state index contributed by atoms with van der Waals surface area (Å²) in [5, 5.41) is 8.95. The lowest BCUT2D eigenvalue weighted by Crippen LogP contribution is -2.36. The largest absolute Gasteiger partial charge is 0.481 e. The average molecular weight is 287 g/mol. The van der Waals surface area contributed by atoms with Crippen LogP contribution >= 0.6 is 0 Å². The molecule has 1 aromatic carbocycles. The summed E-state index contributed by atoms with van der Waals surface area (Å²) in [5.41, 5.74) is 2.23. The fourth-order valence-electron chi connectivity index (χ4n) is 2.39. The summed E-state index contributed by atoms with van der Waals surface area (Å²) in [6.45, 7) is 4.61. The Balaban J connectivity index is 2.14. The first-order chi connectivity index (χ1) is 10.1. The van der Waals surface area contributed by atoms with E-state index in [0.29, 0.717) is 6.54 Å². The predicted molar refractivity (Wildman–Crippen MR) is 82.7 cm³/mol. The van der Waals surface area contributed by atoms with Gasteiger partial charge in [0.25, 0.3) is 0 Å². The molecule has 1 aromatic heterocycles. The second-order valence-electron chi connectivity index (χ2n) is 5.31. The van der Waals surface area contributed by atoms with E-state index >= 15 is 0 Å². The first kappa shape index (κ1) is 15.2. The summed E-state index contributed by atoms with van der Waals surface area (Å²) in [7, 11) is 0. The fourth-order valence-corrected chi connectivity index (χ4v) is 2.39. The van der Waals surface area contributed by atoms with Crippen LogP contribution in [0.2, 0.25) is 0 Å². The maximum absolute atomic E-state index is 10.9. The zero-order valence-corrected chi connectivity index (χ0v) is 12.5. The number of aryl methyl sites for hydroxylation is 1. The summed E-state index contributed by atoms with van der Waals surface area (Å²) in [6.07, 6.45) is 2.53. The lowest BCUT2D eigenvalue weighted by atomic mass is 10.1. The molecule has 0 saturated heterocycles. The van der Waals surface area contributed by atoms with E-state index in [1.165, 1.54) is 5.56 Å². The Bertz CT molecular complexity index is 560. The molecule has 1 unspecified atom stereocenters. The summed E-state index contributed by atoms with van der Waals surface area (Å²) in [4.78, 5) is 13.0. The molecular weight excluding hydrogens is 266 g/mol. The van der Waals surface area contributed by atoms with Gasteiger partial charge in [0.2, 0.25) is 0 Å². The van der Waals surface area contributed by atoms with Crippen LogP contribution in [0.1, 0.15) is 24.7 Å². The number of rotatable bonds is 7. The van der Waals surface area contributed by atoms with Gasteiger partial charge in [0.1, 0.15) is 5.76 Å². The zero-order valence-electron chi connectivity index (χ0n) is 12.5. The number of benzene rings is 1. The molecule has 0 saturated carbocycles. The maximum Gasteiger partial charge on any atom is 0.305 e. The molecule has 21 heavy (non-hydrogen) atoms. The molecule has 0 fully saturated rings. The summed E-state index contributed by atoms with van der Waals surface area (Å²) < 4.78 is 5.39. The van der Waals surface area contributed by atoms with Crippen molar-refractivity contribution in [1.29, 1.82) is 0 Å². The van der Waals surface area contributed by atoms with Gasteiger partial charge in [0.05, 0.1) is 12.7 Å². The number of carboxylic acids is 1. The molecule has 0 aliphatic heterocycles. The van der Waals surface area contributed by atoms with Gasteiger partial charge < -0.3 is 14.4 Å². The van der Waals surface area contributed by atoms with E-state index in [-0.39, 0.29) is 12.5 Å². The van der Waals surface area contributed by atoms with Gasteiger partial charge in [-0.15, -0.1) is 0 Å². The van der Waals surface area contributed by atoms with Crippen LogP contribution in [0, 0.1) is 6.92 Å². The Morgan fingerprint density at radius 1 is 1.29 bits per heavy atom. The van der Waals surface area contributed by atoms with Gasteiger partial charge in [0.15, 0.2) is 0 Å². The highest BCUT2D eigenvalue weighted by Crippen LogP contribution is 2.20. The summed E-state index contributed by atoms with van der Waals surface area (Å²) >= 11 is 0. The standard InChI is InChI=1S/C17H21NO3/c1-13-5-7-15(8-6-13)18(10-9-17(19)20)14(2)12-16-4-3-11-21-16/h3-8,11,14H,9-10,12H2,1-2H3,(H,19,20). The lowest BCUT2D eigenvalue weighted by molar-refractivity contribution is -0.136. The monoisotopic (exact) mass is 287 g/mol. The normalized spacial score (nSPS) is 12.1. The van der Waals surface area contributed by atoms with Crippen molar-refractivity contribution in [3.63, 3.8) is 0 Å². The van der Waals surface area contributed by atoms with E-state index in [1.54, 1.807) is 6.26 Å². The van der Waals surface area contributed by atoms with E-state index in [0.717, 1.165) is 17.9 Å². The third kappa shape index (κ3) is 4.38. The SMILES string of the molecule is Cc1ccc(N(CCC(=O)O)C(C)Cc2ccco2)cc1. The van der Waals surface area contributed by atoms with Gasteiger partial charge in [0, 0.05) is 24.7 Å². The van der Waals surface area contributed by atoms with Gasteiger partial charge in [-0.2, -0.15) is 0 Å². The van der Waals surface area contributed by atoms with Crippen molar-refractivity contribution in [2.75, 3.05) is 11.4 Å². The number of carbonyl (C=O) groups is 1. The molecule has 0 amide bonds. The Hall–Kier alpha value is -2.23. The van der Waals surface area contributed by atoms with E-state index in [9.17, 15) is 4.79 Å². The molecule has 2 rings (SSSR count). The fraction of sp³-hybridized carbons (Fsp3) is 0.353. The third-order valence-corrected chi connectivity index (χ3v) is 3.54. The van der Waals surface area contributed by atoms with Crippen LogP contribution in [0.5, 0.6) is 0 Å². The first-order valence-corrected chi connectivity index (χ1v) is 7.14. The Labute approximate surface area is 125 Å². The third-order valence-electron chi connectivity index (χ3n) is 3.54. The number of nitrogens with zero attached hydrogens (tertiary/aromatic N) is 1. The number of anilines is 1. The number of hydrogen-bond acceptors (Lipinski definition) is 3. The van der Waals surface area contributed by atoms with Crippen molar-refractivity contribution >= 4 is 11.7 Å². The van der Waals surface area contributed by atoms with Crippen LogP contribution < -0.4 is 4.90 Å². The van der Waals surface area contributed by atoms with Crippen molar-refractivity contribution in [1.82, 2.24) is 0 Å². The predicted octanol–water partition coefficient (Wildman–Crippen LogP) is 3.50. The highest BCUT2D eigenvalue weighted by Gasteiger charge is 2.17. The average Bonchev–Trinajstić information content (AvgIpc) is 2.93. The molecule has 4 heteroatoms. The number of aliphatic carboxylic acids is 1. The molecule has 0 bridgehead atoms. The molecule has 112 valence electrons.